The average molecular weight is 565 g/mol. The van der Waals surface area contributed by atoms with Crippen molar-refractivity contribution in [3.05, 3.63) is 95.8 Å². The van der Waals surface area contributed by atoms with Crippen molar-refractivity contribution in [1.82, 2.24) is 19.9 Å². The van der Waals surface area contributed by atoms with Crippen molar-refractivity contribution >= 4 is 38.5 Å². The maximum absolute atomic E-state index is 15.5. The first-order valence-electron chi connectivity index (χ1n) is 12.1. The zero-order valence-electron chi connectivity index (χ0n) is 20.5. The number of nitrogens with one attached hydrogen (secondary N) is 2. The van der Waals surface area contributed by atoms with Crippen LogP contribution in [-0.2, 0) is 10.0 Å². The van der Waals surface area contributed by atoms with Gasteiger partial charge in [-0.05, 0) is 42.8 Å². The molecule has 1 aliphatic rings. The van der Waals surface area contributed by atoms with E-state index in [9.17, 15) is 22.0 Å². The number of hydrogen-bond acceptors (Lipinski definition) is 7. The van der Waals surface area contributed by atoms with Crippen LogP contribution in [0.4, 0.5) is 24.8 Å². The van der Waals surface area contributed by atoms with Gasteiger partial charge in [-0.1, -0.05) is 6.07 Å². The van der Waals surface area contributed by atoms with Gasteiger partial charge in [0.05, 0.1) is 16.1 Å². The van der Waals surface area contributed by atoms with Crippen LogP contribution in [0.2, 0.25) is 0 Å². The summed E-state index contributed by atoms with van der Waals surface area (Å²) in [4.78, 5) is 30.8. The third-order valence-electron chi connectivity index (χ3n) is 6.56. The molecule has 0 spiro atoms. The third kappa shape index (κ3) is 4.53. The fourth-order valence-corrected chi connectivity index (χ4v) is 5.40. The molecule has 0 radical (unpaired) electrons. The van der Waals surface area contributed by atoms with Gasteiger partial charge in [-0.2, -0.15) is 0 Å². The van der Waals surface area contributed by atoms with Crippen molar-refractivity contribution in [3.63, 3.8) is 0 Å². The summed E-state index contributed by atoms with van der Waals surface area (Å²) >= 11 is 0. The molecule has 0 aliphatic carbocycles. The first kappa shape index (κ1) is 25.5. The Labute approximate surface area is 225 Å². The van der Waals surface area contributed by atoms with E-state index in [1.54, 1.807) is 24.7 Å². The van der Waals surface area contributed by atoms with E-state index in [2.05, 4.69) is 19.9 Å². The zero-order valence-corrected chi connectivity index (χ0v) is 21.3. The Hall–Kier alpha value is -4.78. The van der Waals surface area contributed by atoms with Crippen LogP contribution in [0.3, 0.4) is 0 Å². The smallest absolute Gasteiger partial charge is 0.262 e. The number of nitrogens with zero attached hydrogens (tertiary/aromatic N) is 4. The summed E-state index contributed by atoms with van der Waals surface area (Å²) in [6.45, 7) is 1.78. The number of benzene rings is 2. The molecule has 0 bridgehead atoms. The lowest BCUT2D eigenvalue weighted by molar-refractivity contribution is 0.103. The van der Waals surface area contributed by atoms with Crippen LogP contribution in [-0.4, -0.2) is 47.2 Å². The summed E-state index contributed by atoms with van der Waals surface area (Å²) in [5.41, 5.74) is -0.210. The van der Waals surface area contributed by atoms with Crippen molar-refractivity contribution in [2.24, 2.45) is 0 Å². The average Bonchev–Trinajstić information content (AvgIpc) is 3.33. The lowest BCUT2D eigenvalue weighted by Gasteiger charge is -2.30. The maximum atomic E-state index is 15.5. The normalized spacial score (nSPS) is 13.3. The molecule has 2 N–H and O–H groups in total. The highest BCUT2D eigenvalue weighted by Crippen LogP contribution is 2.30. The van der Waals surface area contributed by atoms with Crippen LogP contribution < -0.4 is 9.62 Å². The summed E-state index contributed by atoms with van der Waals surface area (Å²) in [5.74, 6) is -3.84. The van der Waals surface area contributed by atoms with E-state index in [1.165, 1.54) is 12.3 Å². The Balaban J connectivity index is 1.34. The molecule has 4 heterocycles. The van der Waals surface area contributed by atoms with Gasteiger partial charge in [0.2, 0.25) is 11.7 Å². The number of H-pyrrole nitrogens is 1. The van der Waals surface area contributed by atoms with Gasteiger partial charge in [-0.3, -0.25) is 9.52 Å². The van der Waals surface area contributed by atoms with Gasteiger partial charge in [-0.25, -0.2) is 36.5 Å². The minimum absolute atomic E-state index is 0.0783. The molecule has 202 valence electrons. The zero-order chi connectivity index (χ0) is 28.0. The van der Waals surface area contributed by atoms with Gasteiger partial charge in [0, 0.05) is 60.0 Å². The number of rotatable bonds is 7. The van der Waals surface area contributed by atoms with E-state index in [-0.39, 0.29) is 5.56 Å². The largest absolute Gasteiger partial charge is 0.345 e. The molecule has 3 aromatic heterocycles. The number of aromatic amines is 1. The quantitative estimate of drug-likeness (QED) is 0.276. The first-order valence-corrected chi connectivity index (χ1v) is 13.6. The van der Waals surface area contributed by atoms with Gasteiger partial charge in [0.1, 0.15) is 17.3 Å². The monoisotopic (exact) mass is 564 g/mol. The number of anilines is 2. The Morgan fingerprint density at radius 2 is 1.70 bits per heavy atom. The number of ketones is 1. The van der Waals surface area contributed by atoms with Gasteiger partial charge in [-0.15, -0.1) is 0 Å². The van der Waals surface area contributed by atoms with Crippen LogP contribution in [0, 0.1) is 17.5 Å². The highest BCUT2D eigenvalue weighted by Gasteiger charge is 2.27. The summed E-state index contributed by atoms with van der Waals surface area (Å²) in [6, 6.07) is 7.32. The van der Waals surface area contributed by atoms with E-state index >= 15 is 4.39 Å². The van der Waals surface area contributed by atoms with Crippen LogP contribution in [0.25, 0.3) is 22.2 Å². The molecule has 0 atom stereocenters. The number of aromatic nitrogens is 4. The summed E-state index contributed by atoms with van der Waals surface area (Å²) in [5, 5.41) is 0.291. The van der Waals surface area contributed by atoms with Gasteiger partial charge in [0.15, 0.2) is 5.82 Å². The molecule has 0 amide bonds. The van der Waals surface area contributed by atoms with Crippen LogP contribution >= 0.6 is 0 Å². The summed E-state index contributed by atoms with van der Waals surface area (Å²) in [6.07, 6.45) is 7.17. The topological polar surface area (TPSA) is 121 Å². The van der Waals surface area contributed by atoms with Crippen molar-refractivity contribution in [2.45, 2.75) is 11.3 Å². The van der Waals surface area contributed by atoms with Crippen molar-refractivity contribution in [3.8, 4) is 11.1 Å². The van der Waals surface area contributed by atoms with E-state index < -0.39 is 49.4 Å². The van der Waals surface area contributed by atoms with Crippen molar-refractivity contribution in [1.29, 1.82) is 0 Å². The molecule has 1 saturated heterocycles. The molecule has 0 unspecified atom stereocenters. The molecule has 6 rings (SSSR count). The standard InChI is InChI=1S/C27H19F3N6O3S/c28-17-3-1-4-18(10-17)40(38,39)35-22-6-5-21(29)23(24(22)30)25(37)20-14-32-26-19(20)9-15(11-31-26)16-12-33-27(34-13-16)36-7-2-8-36/h1,3-6,9-14,35H,2,7-8H2,(H,31,32). The minimum Gasteiger partial charge on any atom is -0.345 e. The van der Waals surface area contributed by atoms with Crippen molar-refractivity contribution < 1.29 is 26.4 Å². The summed E-state index contributed by atoms with van der Waals surface area (Å²) in [7, 11) is -4.44. The first-order chi connectivity index (χ1) is 19.2. The van der Waals surface area contributed by atoms with Crippen LogP contribution in [0.5, 0.6) is 0 Å². The third-order valence-corrected chi connectivity index (χ3v) is 7.92. The van der Waals surface area contributed by atoms with E-state index in [4.69, 9.17) is 0 Å². The second kappa shape index (κ2) is 9.75. The Morgan fingerprint density at radius 3 is 2.40 bits per heavy atom. The lowest BCUT2D eigenvalue weighted by atomic mass is 10.0. The molecular weight excluding hydrogens is 545 g/mol. The second-order valence-electron chi connectivity index (χ2n) is 9.11. The number of halogens is 3. The molecule has 5 aromatic rings. The van der Waals surface area contributed by atoms with E-state index in [0.717, 1.165) is 49.8 Å². The Morgan fingerprint density at radius 1 is 0.950 bits per heavy atom. The second-order valence-corrected chi connectivity index (χ2v) is 10.8. The molecule has 9 nitrogen and oxygen atoms in total. The molecule has 1 aliphatic heterocycles. The van der Waals surface area contributed by atoms with Gasteiger partial charge in [0.25, 0.3) is 10.0 Å². The lowest BCUT2D eigenvalue weighted by Crippen LogP contribution is -2.38. The van der Waals surface area contributed by atoms with Crippen molar-refractivity contribution in [2.75, 3.05) is 22.7 Å². The number of carbonyl (C=O) groups is 1. The summed E-state index contributed by atoms with van der Waals surface area (Å²) < 4.78 is 71.2. The molecule has 13 heteroatoms. The molecular formula is C27H19F3N6O3S. The van der Waals surface area contributed by atoms with E-state index in [1.807, 2.05) is 9.62 Å². The van der Waals surface area contributed by atoms with Crippen LogP contribution in [0.15, 0.2) is 72.1 Å². The number of sulfonamides is 1. The highest BCUT2D eigenvalue weighted by atomic mass is 32.2. The molecule has 1 fully saturated rings. The molecule has 2 aromatic carbocycles. The number of carbonyl (C=O) groups excluding carboxylic acids is 1. The minimum atomic E-state index is -4.44. The predicted octanol–water partition coefficient (Wildman–Crippen LogP) is 4.68. The predicted molar refractivity (Wildman–Crippen MR) is 141 cm³/mol. The maximum Gasteiger partial charge on any atom is 0.262 e. The van der Waals surface area contributed by atoms with Gasteiger partial charge >= 0.3 is 0 Å². The Bertz CT molecular complexity index is 1890. The SMILES string of the molecule is O=C(c1c(F)ccc(NS(=O)(=O)c2cccc(F)c2)c1F)c1c[nH]c2ncc(-c3cnc(N4CCC4)nc3)cc12. The van der Waals surface area contributed by atoms with E-state index in [0.29, 0.717) is 28.1 Å². The fraction of sp³-hybridized carbons (Fsp3) is 0.111. The van der Waals surface area contributed by atoms with Crippen LogP contribution in [0.1, 0.15) is 22.3 Å². The molecule has 40 heavy (non-hydrogen) atoms. The Kier molecular flexibility index (Phi) is 6.22. The highest BCUT2D eigenvalue weighted by molar-refractivity contribution is 7.92. The molecule has 0 saturated carbocycles. The van der Waals surface area contributed by atoms with Gasteiger partial charge < -0.3 is 9.88 Å². The number of fused-ring (bicyclic) bond motifs is 1. The number of hydrogen-bond donors (Lipinski definition) is 2. The fourth-order valence-electron chi connectivity index (χ4n) is 4.31. The number of pyridine rings is 1.